The summed E-state index contributed by atoms with van der Waals surface area (Å²) in [7, 11) is 2.46. The van der Waals surface area contributed by atoms with Crippen LogP contribution < -0.4 is 0 Å². The highest BCUT2D eigenvalue weighted by atomic mass is 35.7. The van der Waals surface area contributed by atoms with Crippen LogP contribution in [0.1, 0.15) is 9.67 Å². The predicted molar refractivity (Wildman–Crippen MR) is 79.1 cm³/mol. The number of hydrogen-bond donors (Lipinski definition) is 0. The first-order valence-corrected chi connectivity index (χ1v) is 8.76. The second-order valence-electron chi connectivity index (χ2n) is 3.71. The molecule has 0 spiro atoms. The summed E-state index contributed by atoms with van der Waals surface area (Å²) in [5.41, 5.74) is 0.621. The molecule has 8 heteroatoms. The molecular formula is C12H8Cl2O4S2. The Balaban J connectivity index is 2.67. The summed E-state index contributed by atoms with van der Waals surface area (Å²) < 4.78 is 27.6. The number of methoxy groups -OCH3 is 1. The third-order valence-electron chi connectivity index (χ3n) is 2.47. The second-order valence-corrected chi connectivity index (χ2v) is 7.71. The summed E-state index contributed by atoms with van der Waals surface area (Å²) in [6.07, 6.45) is 0. The average molecular weight is 351 g/mol. The Labute approximate surface area is 129 Å². The van der Waals surface area contributed by atoms with E-state index in [-0.39, 0.29) is 9.77 Å². The lowest BCUT2D eigenvalue weighted by Gasteiger charge is -1.99. The number of rotatable bonds is 3. The Morgan fingerprint density at radius 2 is 1.95 bits per heavy atom. The van der Waals surface area contributed by atoms with Gasteiger partial charge in [0.25, 0.3) is 9.05 Å². The van der Waals surface area contributed by atoms with Gasteiger partial charge in [0.05, 0.1) is 7.11 Å². The molecule has 0 unspecified atom stereocenters. The fourth-order valence-electron chi connectivity index (χ4n) is 1.58. The van der Waals surface area contributed by atoms with Crippen molar-refractivity contribution in [2.45, 2.75) is 4.90 Å². The zero-order valence-corrected chi connectivity index (χ0v) is 13.2. The van der Waals surface area contributed by atoms with Crippen LogP contribution in [0.2, 0.25) is 5.02 Å². The van der Waals surface area contributed by atoms with Gasteiger partial charge in [-0.25, -0.2) is 13.2 Å². The first-order chi connectivity index (χ1) is 9.34. The van der Waals surface area contributed by atoms with Crippen molar-refractivity contribution in [3.05, 3.63) is 40.2 Å². The van der Waals surface area contributed by atoms with Gasteiger partial charge < -0.3 is 4.74 Å². The van der Waals surface area contributed by atoms with Crippen LogP contribution >= 0.6 is 33.6 Å². The maximum Gasteiger partial charge on any atom is 0.349 e. The Morgan fingerprint density at radius 1 is 1.30 bits per heavy atom. The van der Waals surface area contributed by atoms with Gasteiger partial charge in [0.1, 0.15) is 9.77 Å². The largest absolute Gasteiger partial charge is 0.465 e. The van der Waals surface area contributed by atoms with Gasteiger partial charge in [0.15, 0.2) is 0 Å². The molecule has 0 amide bonds. The van der Waals surface area contributed by atoms with Crippen molar-refractivity contribution >= 4 is 48.6 Å². The lowest BCUT2D eigenvalue weighted by atomic mass is 10.2. The van der Waals surface area contributed by atoms with Crippen LogP contribution in [0.3, 0.4) is 0 Å². The molecule has 4 nitrogen and oxygen atoms in total. The molecule has 0 N–H and O–H groups in total. The zero-order chi connectivity index (χ0) is 14.9. The predicted octanol–water partition coefficient (Wildman–Crippen LogP) is 3.78. The standard InChI is InChI=1S/C12H8Cl2O4S2/c1-18-12(15)11-10(20(14,16)17)6-9(19-11)7-4-2-3-5-8(7)13/h2-6H,1H3. The molecule has 0 radical (unpaired) electrons. The van der Waals surface area contributed by atoms with E-state index in [1.54, 1.807) is 24.3 Å². The van der Waals surface area contributed by atoms with Crippen LogP contribution in [0.15, 0.2) is 35.2 Å². The maximum absolute atomic E-state index is 11.6. The van der Waals surface area contributed by atoms with Crippen molar-refractivity contribution in [1.29, 1.82) is 0 Å². The van der Waals surface area contributed by atoms with Crippen LogP contribution in [0, 0.1) is 0 Å². The maximum atomic E-state index is 11.6. The Kier molecular flexibility index (Phi) is 4.39. The minimum atomic E-state index is -4.05. The summed E-state index contributed by atoms with van der Waals surface area (Å²) in [5, 5.41) is 0.448. The van der Waals surface area contributed by atoms with E-state index in [4.69, 9.17) is 22.3 Å². The molecule has 2 rings (SSSR count). The zero-order valence-electron chi connectivity index (χ0n) is 10.1. The summed E-state index contributed by atoms with van der Waals surface area (Å²) in [6, 6.07) is 8.22. The number of carbonyl (C=O) groups is 1. The average Bonchev–Trinajstić information content (AvgIpc) is 2.83. The fraction of sp³-hybridized carbons (Fsp3) is 0.0833. The Bertz CT molecular complexity index is 766. The summed E-state index contributed by atoms with van der Waals surface area (Å²) in [6.45, 7) is 0. The van der Waals surface area contributed by atoms with Crippen LogP contribution in [-0.4, -0.2) is 21.5 Å². The Hall–Kier alpha value is -1.08. The van der Waals surface area contributed by atoms with Gasteiger partial charge in [-0.1, -0.05) is 29.8 Å². The molecule has 1 aromatic heterocycles. The molecule has 0 aliphatic rings. The number of halogens is 2. The van der Waals surface area contributed by atoms with Crippen molar-refractivity contribution in [3.8, 4) is 10.4 Å². The van der Waals surface area contributed by atoms with Gasteiger partial charge in [-0.15, -0.1) is 11.3 Å². The molecule has 0 bridgehead atoms. The van der Waals surface area contributed by atoms with Crippen LogP contribution in [0.25, 0.3) is 10.4 Å². The number of benzene rings is 1. The van der Waals surface area contributed by atoms with Crippen molar-refractivity contribution < 1.29 is 17.9 Å². The van der Waals surface area contributed by atoms with E-state index in [2.05, 4.69) is 4.74 Å². The first-order valence-electron chi connectivity index (χ1n) is 5.26. The van der Waals surface area contributed by atoms with E-state index in [1.165, 1.54) is 13.2 Å². The molecule has 1 aromatic carbocycles. The van der Waals surface area contributed by atoms with Gasteiger partial charge in [0.2, 0.25) is 0 Å². The number of thiophene rings is 1. The van der Waals surface area contributed by atoms with Gasteiger partial charge in [-0.2, -0.15) is 0 Å². The molecule has 0 aliphatic carbocycles. The van der Waals surface area contributed by atoms with E-state index in [0.717, 1.165) is 11.3 Å². The monoisotopic (exact) mass is 350 g/mol. The van der Waals surface area contributed by atoms with Crippen LogP contribution in [0.5, 0.6) is 0 Å². The fourth-order valence-corrected chi connectivity index (χ4v) is 4.48. The highest BCUT2D eigenvalue weighted by molar-refractivity contribution is 8.14. The molecule has 0 aliphatic heterocycles. The summed E-state index contributed by atoms with van der Waals surface area (Å²) in [4.78, 5) is 11.8. The SMILES string of the molecule is COC(=O)c1sc(-c2ccccc2Cl)cc1S(=O)(=O)Cl. The summed E-state index contributed by atoms with van der Waals surface area (Å²) in [5.74, 6) is -0.757. The van der Waals surface area contributed by atoms with Gasteiger partial charge in [-0.05, 0) is 12.1 Å². The third-order valence-corrected chi connectivity index (χ3v) is 5.42. The second kappa shape index (κ2) is 5.73. The first kappa shape index (κ1) is 15.3. The van der Waals surface area contributed by atoms with E-state index < -0.39 is 15.0 Å². The third kappa shape index (κ3) is 2.98. The topological polar surface area (TPSA) is 60.4 Å². The molecule has 2 aromatic rings. The van der Waals surface area contributed by atoms with Crippen molar-refractivity contribution in [3.63, 3.8) is 0 Å². The minimum Gasteiger partial charge on any atom is -0.465 e. The molecule has 20 heavy (non-hydrogen) atoms. The van der Waals surface area contributed by atoms with E-state index in [0.29, 0.717) is 15.5 Å². The van der Waals surface area contributed by atoms with Gasteiger partial charge >= 0.3 is 5.97 Å². The molecule has 0 fully saturated rings. The molecule has 106 valence electrons. The smallest absolute Gasteiger partial charge is 0.349 e. The highest BCUT2D eigenvalue weighted by Crippen LogP contribution is 2.38. The number of hydrogen-bond acceptors (Lipinski definition) is 5. The molecule has 0 atom stereocenters. The molecule has 0 saturated carbocycles. The van der Waals surface area contributed by atoms with Crippen molar-refractivity contribution in [2.24, 2.45) is 0 Å². The molecular weight excluding hydrogens is 343 g/mol. The Morgan fingerprint density at radius 3 is 2.50 bits per heavy atom. The lowest BCUT2D eigenvalue weighted by molar-refractivity contribution is 0.0602. The molecule has 1 heterocycles. The highest BCUT2D eigenvalue weighted by Gasteiger charge is 2.26. The quantitative estimate of drug-likeness (QED) is 0.624. The minimum absolute atomic E-state index is 0.0718. The van der Waals surface area contributed by atoms with Crippen LogP contribution in [0.4, 0.5) is 0 Å². The van der Waals surface area contributed by atoms with Crippen molar-refractivity contribution in [1.82, 2.24) is 0 Å². The van der Waals surface area contributed by atoms with Crippen LogP contribution in [-0.2, 0) is 13.8 Å². The number of carbonyl (C=O) groups excluding carboxylic acids is 1. The van der Waals surface area contributed by atoms with Gasteiger partial charge in [0, 0.05) is 26.1 Å². The lowest BCUT2D eigenvalue weighted by Crippen LogP contribution is -2.03. The normalized spacial score (nSPS) is 11.3. The summed E-state index contributed by atoms with van der Waals surface area (Å²) >= 11 is 7.02. The number of ether oxygens (including phenoxy) is 1. The number of esters is 1. The van der Waals surface area contributed by atoms with E-state index in [9.17, 15) is 13.2 Å². The molecule has 0 saturated heterocycles. The van der Waals surface area contributed by atoms with E-state index in [1.807, 2.05) is 0 Å². The van der Waals surface area contributed by atoms with Gasteiger partial charge in [-0.3, -0.25) is 0 Å². The van der Waals surface area contributed by atoms with E-state index >= 15 is 0 Å². The van der Waals surface area contributed by atoms with Crippen molar-refractivity contribution in [2.75, 3.05) is 7.11 Å².